The Morgan fingerprint density at radius 2 is 2.04 bits per heavy atom. The van der Waals surface area contributed by atoms with E-state index in [2.05, 4.69) is 34.6 Å². The summed E-state index contributed by atoms with van der Waals surface area (Å²) >= 11 is 6.18. The number of rotatable bonds is 4. The number of anilines is 1. The summed E-state index contributed by atoms with van der Waals surface area (Å²) in [4.78, 5) is 4.14. The lowest BCUT2D eigenvalue weighted by Gasteiger charge is -2.27. The van der Waals surface area contributed by atoms with Gasteiger partial charge in [0, 0.05) is 24.9 Å². The average Bonchev–Trinajstić information content (AvgIpc) is 2.72. The zero-order valence-corrected chi connectivity index (χ0v) is 15.4. The van der Waals surface area contributed by atoms with Crippen molar-refractivity contribution < 1.29 is 4.74 Å². The summed E-state index contributed by atoms with van der Waals surface area (Å²) in [6.07, 6.45) is 4.58. The third kappa shape index (κ3) is 3.74. The Hall–Kier alpha value is -3.03. The number of nitrogens with zero attached hydrogens (tertiary/aromatic N) is 2. The molecule has 1 N–H and O–H groups in total. The summed E-state index contributed by atoms with van der Waals surface area (Å²) in [7, 11) is 0. The number of pyridine rings is 1. The second-order valence-corrected chi connectivity index (χ2v) is 6.92. The van der Waals surface area contributed by atoms with Crippen molar-refractivity contribution in [2.75, 3.05) is 18.5 Å². The number of fused-ring (bicyclic) bond motifs is 1. The van der Waals surface area contributed by atoms with Crippen LogP contribution in [-0.4, -0.2) is 18.1 Å². The van der Waals surface area contributed by atoms with E-state index < -0.39 is 0 Å². The van der Waals surface area contributed by atoms with E-state index in [1.807, 2.05) is 30.5 Å². The van der Waals surface area contributed by atoms with Gasteiger partial charge in [0.2, 0.25) is 0 Å². The van der Waals surface area contributed by atoms with Crippen LogP contribution in [-0.2, 0) is 0 Å². The molecule has 0 amide bonds. The van der Waals surface area contributed by atoms with Gasteiger partial charge in [-0.1, -0.05) is 29.8 Å². The van der Waals surface area contributed by atoms with Crippen LogP contribution in [0.2, 0.25) is 5.02 Å². The van der Waals surface area contributed by atoms with Gasteiger partial charge < -0.3 is 10.1 Å². The Labute approximate surface area is 163 Å². The fraction of sp³-hybridized carbons (Fsp3) is 0.182. The minimum atomic E-state index is 0.382. The van der Waals surface area contributed by atoms with Crippen LogP contribution in [0.25, 0.3) is 11.1 Å². The monoisotopic (exact) mass is 375 g/mol. The molecular formula is C22H18ClN3O. The highest BCUT2D eigenvalue weighted by atomic mass is 35.5. The van der Waals surface area contributed by atoms with Gasteiger partial charge >= 0.3 is 0 Å². The first-order chi connectivity index (χ1) is 13.2. The van der Waals surface area contributed by atoms with Crippen molar-refractivity contribution in [1.29, 1.82) is 5.26 Å². The van der Waals surface area contributed by atoms with Crippen molar-refractivity contribution in [1.82, 2.24) is 4.98 Å². The second-order valence-electron chi connectivity index (χ2n) is 6.52. The number of nitrogens with one attached hydrogen (secondary N) is 1. The van der Waals surface area contributed by atoms with E-state index in [1.165, 1.54) is 5.56 Å². The van der Waals surface area contributed by atoms with E-state index in [4.69, 9.17) is 21.6 Å². The molecule has 0 spiro atoms. The Morgan fingerprint density at radius 3 is 2.81 bits per heavy atom. The number of hydrogen-bond donors (Lipinski definition) is 1. The third-order valence-corrected chi connectivity index (χ3v) is 5.13. The lowest BCUT2D eigenvalue weighted by Crippen LogP contribution is -2.20. The predicted molar refractivity (Wildman–Crippen MR) is 107 cm³/mol. The first-order valence-corrected chi connectivity index (χ1v) is 9.23. The Kier molecular flexibility index (Phi) is 4.95. The summed E-state index contributed by atoms with van der Waals surface area (Å²) in [5.74, 6) is 1.30. The van der Waals surface area contributed by atoms with Gasteiger partial charge in [0.1, 0.15) is 11.8 Å². The van der Waals surface area contributed by atoms with Crippen molar-refractivity contribution in [3.8, 4) is 22.9 Å². The molecule has 1 atom stereocenters. The highest BCUT2D eigenvalue weighted by Crippen LogP contribution is 2.37. The highest BCUT2D eigenvalue weighted by Gasteiger charge is 2.22. The molecule has 3 aromatic rings. The summed E-state index contributed by atoms with van der Waals surface area (Å²) in [5, 5.41) is 13.0. The third-order valence-electron chi connectivity index (χ3n) is 4.81. The molecule has 0 bridgehead atoms. The van der Waals surface area contributed by atoms with Gasteiger partial charge in [-0.25, -0.2) is 0 Å². The minimum absolute atomic E-state index is 0.382. The Bertz CT molecular complexity index is 998. The van der Waals surface area contributed by atoms with E-state index in [-0.39, 0.29) is 0 Å². The maximum absolute atomic E-state index is 9.04. The van der Waals surface area contributed by atoms with E-state index in [1.54, 1.807) is 12.3 Å². The van der Waals surface area contributed by atoms with E-state index in [0.29, 0.717) is 23.1 Å². The number of hydrogen-bond acceptors (Lipinski definition) is 4. The Morgan fingerprint density at radius 1 is 1.19 bits per heavy atom. The minimum Gasteiger partial charge on any atom is -0.493 e. The van der Waals surface area contributed by atoms with Gasteiger partial charge in [0.05, 0.1) is 22.9 Å². The zero-order valence-electron chi connectivity index (χ0n) is 14.7. The fourth-order valence-corrected chi connectivity index (χ4v) is 3.57. The molecule has 4 rings (SSSR count). The van der Waals surface area contributed by atoms with Gasteiger partial charge in [-0.3, -0.25) is 4.98 Å². The van der Waals surface area contributed by atoms with Gasteiger partial charge in [-0.05, 0) is 53.4 Å². The molecule has 134 valence electrons. The first kappa shape index (κ1) is 17.4. The summed E-state index contributed by atoms with van der Waals surface area (Å²) in [5.41, 5.74) is 4.72. The van der Waals surface area contributed by atoms with Crippen molar-refractivity contribution in [2.24, 2.45) is 0 Å². The number of nitriles is 1. The summed E-state index contributed by atoms with van der Waals surface area (Å²) in [6.45, 7) is 1.54. The van der Waals surface area contributed by atoms with Crippen molar-refractivity contribution >= 4 is 17.3 Å². The molecule has 0 saturated heterocycles. The molecule has 0 unspecified atom stereocenters. The zero-order chi connectivity index (χ0) is 18.6. The highest BCUT2D eigenvalue weighted by molar-refractivity contribution is 6.32. The number of aromatic nitrogens is 1. The van der Waals surface area contributed by atoms with Gasteiger partial charge in [-0.2, -0.15) is 5.26 Å². The van der Waals surface area contributed by atoms with Crippen LogP contribution >= 0.6 is 11.6 Å². The smallest absolute Gasteiger partial charge is 0.123 e. The van der Waals surface area contributed by atoms with Crippen molar-refractivity contribution in [2.45, 2.75) is 12.3 Å². The van der Waals surface area contributed by atoms with Crippen LogP contribution in [0.1, 0.15) is 23.5 Å². The molecular weight excluding hydrogens is 358 g/mol. The van der Waals surface area contributed by atoms with Gasteiger partial charge in [0.25, 0.3) is 0 Å². The number of halogens is 1. The molecule has 4 nitrogen and oxygen atoms in total. The standard InChI is InChI=1S/C22H18ClN3O/c23-21-10-15(3-4-17(21)12-24)16-5-6-20-18(7-9-27-22(20)11-16)13-26-19-2-1-8-25-14-19/h1-6,8,10-11,14,18,26H,7,9,13H2/t18-/m1/s1. The normalized spacial score (nSPS) is 15.3. The van der Waals surface area contributed by atoms with Crippen LogP contribution in [0.15, 0.2) is 60.9 Å². The van der Waals surface area contributed by atoms with Crippen LogP contribution in [0.4, 0.5) is 5.69 Å². The molecule has 1 aliphatic heterocycles. The molecule has 27 heavy (non-hydrogen) atoms. The maximum Gasteiger partial charge on any atom is 0.123 e. The van der Waals surface area contributed by atoms with Crippen LogP contribution in [0.5, 0.6) is 5.75 Å². The molecule has 0 radical (unpaired) electrons. The van der Waals surface area contributed by atoms with Gasteiger partial charge in [0.15, 0.2) is 0 Å². The Balaban J connectivity index is 1.56. The predicted octanol–water partition coefficient (Wildman–Crippen LogP) is 5.25. The first-order valence-electron chi connectivity index (χ1n) is 8.85. The molecule has 2 aromatic carbocycles. The van der Waals surface area contributed by atoms with Crippen LogP contribution in [0.3, 0.4) is 0 Å². The summed E-state index contributed by atoms with van der Waals surface area (Å²) in [6, 6.07) is 17.8. The van der Waals surface area contributed by atoms with E-state index in [9.17, 15) is 0 Å². The quantitative estimate of drug-likeness (QED) is 0.676. The average molecular weight is 376 g/mol. The lowest BCUT2D eigenvalue weighted by atomic mass is 9.91. The molecule has 2 heterocycles. The molecule has 1 aliphatic rings. The molecule has 1 aromatic heterocycles. The number of ether oxygens (including phenoxy) is 1. The van der Waals surface area contributed by atoms with Crippen molar-refractivity contribution in [3.05, 3.63) is 77.1 Å². The van der Waals surface area contributed by atoms with Crippen molar-refractivity contribution in [3.63, 3.8) is 0 Å². The lowest BCUT2D eigenvalue weighted by molar-refractivity contribution is 0.270. The number of benzene rings is 2. The largest absolute Gasteiger partial charge is 0.493 e. The second kappa shape index (κ2) is 7.69. The molecule has 0 fully saturated rings. The van der Waals surface area contributed by atoms with E-state index in [0.717, 1.165) is 35.5 Å². The molecule has 5 heteroatoms. The molecule has 0 aliphatic carbocycles. The summed E-state index contributed by atoms with van der Waals surface area (Å²) < 4.78 is 5.92. The molecule has 0 saturated carbocycles. The SMILES string of the molecule is N#Cc1ccc(-c2ccc3c(c2)OCC[C@@H]3CNc2cccnc2)cc1Cl. The topological polar surface area (TPSA) is 57.9 Å². The van der Waals surface area contributed by atoms with E-state index >= 15 is 0 Å². The van der Waals surface area contributed by atoms with Crippen LogP contribution in [0, 0.1) is 11.3 Å². The fourth-order valence-electron chi connectivity index (χ4n) is 3.35. The van der Waals surface area contributed by atoms with Crippen LogP contribution < -0.4 is 10.1 Å². The van der Waals surface area contributed by atoms with Gasteiger partial charge in [-0.15, -0.1) is 0 Å². The maximum atomic E-state index is 9.04.